The number of nitrogens with two attached hydrogens (primary N) is 1. The fourth-order valence-electron chi connectivity index (χ4n) is 1.35. The van der Waals surface area contributed by atoms with Gasteiger partial charge in [0.05, 0.1) is 4.47 Å². The molecule has 3 N–H and O–H groups in total. The molecule has 0 spiro atoms. The Morgan fingerprint density at radius 3 is 2.80 bits per heavy atom. The lowest BCUT2D eigenvalue weighted by atomic mass is 10.0. The molecule has 0 saturated heterocycles. The number of phenolic OH excluding ortho intramolecular Hbond substituents is 1. The Bertz CT molecular complexity index is 392. The zero-order valence-electron chi connectivity index (χ0n) is 8.43. The van der Waals surface area contributed by atoms with E-state index in [0.717, 1.165) is 5.57 Å². The van der Waals surface area contributed by atoms with E-state index in [9.17, 15) is 9.50 Å². The Kier molecular flexibility index (Phi) is 3.88. The summed E-state index contributed by atoms with van der Waals surface area (Å²) in [4.78, 5) is 0. The van der Waals surface area contributed by atoms with Crippen LogP contribution in [-0.4, -0.2) is 5.11 Å². The molecule has 0 aliphatic rings. The normalized spacial score (nSPS) is 12.5. The SMILES string of the molecule is C=C(C)C[C@H](N)c1cc(F)cc(Br)c1O. The lowest BCUT2D eigenvalue weighted by Gasteiger charge is -2.14. The molecule has 1 aromatic rings. The van der Waals surface area contributed by atoms with Gasteiger partial charge in [-0.3, -0.25) is 0 Å². The van der Waals surface area contributed by atoms with Crippen LogP contribution in [0.3, 0.4) is 0 Å². The number of hydrogen-bond donors (Lipinski definition) is 2. The summed E-state index contributed by atoms with van der Waals surface area (Å²) in [5.41, 5.74) is 7.11. The number of benzene rings is 1. The highest BCUT2D eigenvalue weighted by Gasteiger charge is 2.15. The summed E-state index contributed by atoms with van der Waals surface area (Å²) < 4.78 is 13.4. The van der Waals surface area contributed by atoms with Crippen molar-refractivity contribution >= 4 is 15.9 Å². The van der Waals surface area contributed by atoms with E-state index < -0.39 is 11.9 Å². The van der Waals surface area contributed by atoms with Crippen molar-refractivity contribution in [3.05, 3.63) is 40.1 Å². The molecule has 2 nitrogen and oxygen atoms in total. The van der Waals surface area contributed by atoms with E-state index in [2.05, 4.69) is 22.5 Å². The highest BCUT2D eigenvalue weighted by atomic mass is 79.9. The average molecular weight is 274 g/mol. The van der Waals surface area contributed by atoms with Crippen LogP contribution >= 0.6 is 15.9 Å². The molecule has 0 fully saturated rings. The Balaban J connectivity index is 3.07. The van der Waals surface area contributed by atoms with Gasteiger partial charge in [0.2, 0.25) is 0 Å². The lowest BCUT2D eigenvalue weighted by Crippen LogP contribution is -2.11. The molecule has 1 aromatic carbocycles. The van der Waals surface area contributed by atoms with Crippen LogP contribution in [0.2, 0.25) is 0 Å². The minimum Gasteiger partial charge on any atom is -0.506 e. The zero-order chi connectivity index (χ0) is 11.6. The minimum atomic E-state index is -0.436. The quantitative estimate of drug-likeness (QED) is 0.831. The van der Waals surface area contributed by atoms with Crippen LogP contribution in [0.25, 0.3) is 0 Å². The van der Waals surface area contributed by atoms with Crippen LogP contribution in [-0.2, 0) is 0 Å². The van der Waals surface area contributed by atoms with E-state index in [1.807, 2.05) is 6.92 Å². The maximum atomic E-state index is 13.1. The molecular weight excluding hydrogens is 261 g/mol. The molecule has 0 heterocycles. The molecule has 0 bridgehead atoms. The van der Waals surface area contributed by atoms with Crippen LogP contribution in [0.4, 0.5) is 4.39 Å². The van der Waals surface area contributed by atoms with Gasteiger partial charge in [-0.15, -0.1) is 6.58 Å². The Hall–Kier alpha value is -0.870. The Morgan fingerprint density at radius 2 is 2.27 bits per heavy atom. The third kappa shape index (κ3) is 3.04. The van der Waals surface area contributed by atoms with E-state index in [4.69, 9.17) is 5.73 Å². The fourth-order valence-corrected chi connectivity index (χ4v) is 1.80. The molecule has 0 amide bonds. The summed E-state index contributed by atoms with van der Waals surface area (Å²) in [7, 11) is 0. The van der Waals surface area contributed by atoms with E-state index in [1.54, 1.807) is 0 Å². The van der Waals surface area contributed by atoms with Gasteiger partial charge < -0.3 is 10.8 Å². The van der Waals surface area contributed by atoms with Crippen LogP contribution in [0, 0.1) is 5.82 Å². The number of phenols is 1. The number of aromatic hydroxyl groups is 1. The first-order chi connectivity index (χ1) is 6.91. The standard InChI is InChI=1S/C11H13BrFNO/c1-6(2)3-10(14)8-4-7(13)5-9(12)11(8)15/h4-5,10,15H,1,3,14H2,2H3/t10-/m0/s1. The third-order valence-electron chi connectivity index (χ3n) is 2.03. The molecule has 0 aromatic heterocycles. The highest BCUT2D eigenvalue weighted by Crippen LogP contribution is 2.33. The van der Waals surface area contributed by atoms with Crippen molar-refractivity contribution in [3.8, 4) is 5.75 Å². The Labute approximate surface area is 96.7 Å². The molecule has 0 aliphatic carbocycles. The molecule has 1 rings (SSSR count). The molecule has 0 unspecified atom stereocenters. The predicted octanol–water partition coefficient (Wildman–Crippen LogP) is 3.26. The van der Waals surface area contributed by atoms with Crippen molar-refractivity contribution in [2.45, 2.75) is 19.4 Å². The van der Waals surface area contributed by atoms with Crippen molar-refractivity contribution in [1.82, 2.24) is 0 Å². The van der Waals surface area contributed by atoms with Crippen molar-refractivity contribution in [1.29, 1.82) is 0 Å². The lowest BCUT2D eigenvalue weighted by molar-refractivity contribution is 0.454. The van der Waals surface area contributed by atoms with E-state index >= 15 is 0 Å². The Morgan fingerprint density at radius 1 is 1.67 bits per heavy atom. The summed E-state index contributed by atoms with van der Waals surface area (Å²) in [6.07, 6.45) is 0.517. The third-order valence-corrected chi connectivity index (χ3v) is 2.63. The molecule has 1 atom stereocenters. The number of halogens is 2. The number of rotatable bonds is 3. The molecule has 0 aliphatic heterocycles. The van der Waals surface area contributed by atoms with Crippen molar-refractivity contribution in [2.24, 2.45) is 5.73 Å². The maximum Gasteiger partial charge on any atom is 0.134 e. The second kappa shape index (κ2) is 4.77. The monoisotopic (exact) mass is 273 g/mol. The van der Waals surface area contributed by atoms with Gasteiger partial charge in [0, 0.05) is 11.6 Å². The first kappa shape index (κ1) is 12.2. The molecule has 15 heavy (non-hydrogen) atoms. The van der Waals surface area contributed by atoms with E-state index in [0.29, 0.717) is 16.5 Å². The van der Waals surface area contributed by atoms with Gasteiger partial charge in [-0.1, -0.05) is 5.57 Å². The van der Waals surface area contributed by atoms with Gasteiger partial charge in [-0.05, 0) is 41.4 Å². The van der Waals surface area contributed by atoms with Crippen molar-refractivity contribution in [3.63, 3.8) is 0 Å². The molecule has 0 saturated carbocycles. The van der Waals surface area contributed by atoms with Crippen LogP contribution < -0.4 is 5.73 Å². The largest absolute Gasteiger partial charge is 0.506 e. The molecule has 82 valence electrons. The summed E-state index contributed by atoms with van der Waals surface area (Å²) in [5.74, 6) is -0.433. The topological polar surface area (TPSA) is 46.2 Å². The first-order valence-corrected chi connectivity index (χ1v) is 5.29. The van der Waals surface area contributed by atoms with Crippen molar-refractivity contribution in [2.75, 3.05) is 0 Å². The van der Waals surface area contributed by atoms with Crippen LogP contribution in [0.1, 0.15) is 24.9 Å². The minimum absolute atomic E-state index is 0.00912. The smallest absolute Gasteiger partial charge is 0.134 e. The van der Waals surface area contributed by atoms with Crippen LogP contribution in [0.5, 0.6) is 5.75 Å². The van der Waals surface area contributed by atoms with Gasteiger partial charge in [0.15, 0.2) is 0 Å². The molecular formula is C11H13BrFNO. The first-order valence-electron chi connectivity index (χ1n) is 4.49. The highest BCUT2D eigenvalue weighted by molar-refractivity contribution is 9.10. The van der Waals surface area contributed by atoms with Crippen LogP contribution in [0.15, 0.2) is 28.8 Å². The van der Waals surface area contributed by atoms with Gasteiger partial charge in [0.25, 0.3) is 0 Å². The van der Waals surface area contributed by atoms with E-state index in [-0.39, 0.29) is 5.75 Å². The average Bonchev–Trinajstić information content (AvgIpc) is 2.09. The van der Waals surface area contributed by atoms with Gasteiger partial charge in [0.1, 0.15) is 11.6 Å². The van der Waals surface area contributed by atoms with Crippen molar-refractivity contribution < 1.29 is 9.50 Å². The number of hydrogen-bond acceptors (Lipinski definition) is 2. The summed E-state index contributed by atoms with van der Waals surface area (Å²) >= 11 is 3.06. The maximum absolute atomic E-state index is 13.1. The second-order valence-electron chi connectivity index (χ2n) is 3.59. The zero-order valence-corrected chi connectivity index (χ0v) is 10.0. The summed E-state index contributed by atoms with van der Waals surface area (Å²) in [6, 6.07) is 2.01. The van der Waals surface area contributed by atoms with Gasteiger partial charge >= 0.3 is 0 Å². The summed E-state index contributed by atoms with van der Waals surface area (Å²) in [6.45, 7) is 5.57. The van der Waals surface area contributed by atoms with Gasteiger partial charge in [-0.25, -0.2) is 4.39 Å². The molecule has 0 radical (unpaired) electrons. The molecule has 4 heteroatoms. The second-order valence-corrected chi connectivity index (χ2v) is 4.45. The summed E-state index contributed by atoms with van der Waals surface area (Å²) in [5, 5.41) is 9.68. The van der Waals surface area contributed by atoms with E-state index in [1.165, 1.54) is 12.1 Å². The predicted molar refractivity (Wildman–Crippen MR) is 62.1 cm³/mol. The fraction of sp³-hybridized carbons (Fsp3) is 0.273. The van der Waals surface area contributed by atoms with Gasteiger partial charge in [-0.2, -0.15) is 0 Å².